The van der Waals surface area contributed by atoms with Crippen molar-refractivity contribution < 1.29 is 9.84 Å². The lowest BCUT2D eigenvalue weighted by Crippen LogP contribution is -2.14. The predicted molar refractivity (Wildman–Crippen MR) is 80.0 cm³/mol. The van der Waals surface area contributed by atoms with Gasteiger partial charge in [-0.25, -0.2) is 10.1 Å². The molecule has 0 amide bonds. The summed E-state index contributed by atoms with van der Waals surface area (Å²) in [6.07, 6.45) is 2.26. The van der Waals surface area contributed by atoms with Gasteiger partial charge in [-0.3, -0.25) is 0 Å². The van der Waals surface area contributed by atoms with Crippen molar-refractivity contribution in [2.24, 2.45) is 5.10 Å². The van der Waals surface area contributed by atoms with Gasteiger partial charge in [-0.05, 0) is 30.7 Å². The van der Waals surface area contributed by atoms with E-state index in [9.17, 15) is 5.11 Å². The molecule has 0 bridgehead atoms. The number of nitrogens with zero attached hydrogens (tertiary/aromatic N) is 4. The number of aryl methyl sites for hydroxylation is 1. The highest BCUT2D eigenvalue weighted by Crippen LogP contribution is 2.26. The van der Waals surface area contributed by atoms with Crippen molar-refractivity contribution in [2.75, 3.05) is 17.9 Å². The van der Waals surface area contributed by atoms with Crippen molar-refractivity contribution in [3.05, 3.63) is 29.6 Å². The SMILES string of the molecule is CCOc1cc(/C=N\Nc2nnc(CC)n2N)ccc1O. The third-order valence-electron chi connectivity index (χ3n) is 2.74. The lowest BCUT2D eigenvalue weighted by molar-refractivity contribution is 0.318. The van der Waals surface area contributed by atoms with Crippen LogP contribution in [-0.2, 0) is 6.42 Å². The topological polar surface area (TPSA) is 111 Å². The summed E-state index contributed by atoms with van der Waals surface area (Å²) >= 11 is 0. The fraction of sp³-hybridized carbons (Fsp3) is 0.308. The average molecular weight is 290 g/mol. The van der Waals surface area contributed by atoms with Crippen LogP contribution in [0.15, 0.2) is 23.3 Å². The molecule has 2 rings (SSSR count). The molecular weight excluding hydrogens is 272 g/mol. The van der Waals surface area contributed by atoms with E-state index in [0.29, 0.717) is 30.5 Å². The summed E-state index contributed by atoms with van der Waals surface area (Å²) in [5, 5.41) is 21.4. The minimum Gasteiger partial charge on any atom is -0.504 e. The number of aromatic nitrogens is 3. The van der Waals surface area contributed by atoms with Crippen molar-refractivity contribution in [3.63, 3.8) is 0 Å². The fourth-order valence-corrected chi connectivity index (χ4v) is 1.69. The van der Waals surface area contributed by atoms with Gasteiger partial charge in [0.2, 0.25) is 0 Å². The first kappa shape index (κ1) is 14.6. The summed E-state index contributed by atoms with van der Waals surface area (Å²) in [5.74, 6) is 7.30. The Morgan fingerprint density at radius 3 is 2.90 bits per heavy atom. The van der Waals surface area contributed by atoms with Gasteiger partial charge in [0.05, 0.1) is 12.8 Å². The van der Waals surface area contributed by atoms with Crippen LogP contribution in [0.2, 0.25) is 0 Å². The van der Waals surface area contributed by atoms with Gasteiger partial charge in [-0.15, -0.1) is 10.2 Å². The van der Waals surface area contributed by atoms with Gasteiger partial charge < -0.3 is 15.7 Å². The molecule has 2 aromatic rings. The van der Waals surface area contributed by atoms with Gasteiger partial charge in [0.15, 0.2) is 17.3 Å². The number of phenolic OH excluding ortho intramolecular Hbond substituents is 1. The standard InChI is InChI=1S/C13H18N6O2/c1-3-12-16-18-13(19(12)14)17-15-8-9-5-6-10(20)11(7-9)21-4-2/h5-8,20H,3-4,14H2,1-2H3,(H,17,18)/b15-8-. The van der Waals surface area contributed by atoms with Gasteiger partial charge in [0.25, 0.3) is 5.95 Å². The summed E-state index contributed by atoms with van der Waals surface area (Å²) in [7, 11) is 0. The van der Waals surface area contributed by atoms with Crippen LogP contribution in [0.4, 0.5) is 5.95 Å². The summed E-state index contributed by atoms with van der Waals surface area (Å²) in [4.78, 5) is 0. The summed E-state index contributed by atoms with van der Waals surface area (Å²) < 4.78 is 6.65. The molecule has 0 aliphatic rings. The first-order chi connectivity index (χ1) is 10.2. The Balaban J connectivity index is 2.07. The first-order valence-corrected chi connectivity index (χ1v) is 6.60. The summed E-state index contributed by atoms with van der Waals surface area (Å²) in [6, 6.07) is 4.95. The zero-order chi connectivity index (χ0) is 15.2. The molecule has 0 saturated heterocycles. The Labute approximate surface area is 122 Å². The molecule has 21 heavy (non-hydrogen) atoms. The van der Waals surface area contributed by atoms with Crippen LogP contribution in [0, 0.1) is 0 Å². The number of benzene rings is 1. The van der Waals surface area contributed by atoms with E-state index in [-0.39, 0.29) is 5.75 Å². The highest BCUT2D eigenvalue weighted by atomic mass is 16.5. The average Bonchev–Trinajstić information content (AvgIpc) is 2.83. The van der Waals surface area contributed by atoms with Gasteiger partial charge in [0.1, 0.15) is 0 Å². The lowest BCUT2D eigenvalue weighted by Gasteiger charge is -2.06. The normalized spacial score (nSPS) is 11.0. The van der Waals surface area contributed by atoms with Crippen molar-refractivity contribution in [2.45, 2.75) is 20.3 Å². The smallest absolute Gasteiger partial charge is 0.263 e. The van der Waals surface area contributed by atoms with Gasteiger partial charge in [-0.1, -0.05) is 6.92 Å². The second-order valence-electron chi connectivity index (χ2n) is 4.19. The van der Waals surface area contributed by atoms with Crippen molar-refractivity contribution in [1.29, 1.82) is 0 Å². The number of ether oxygens (including phenoxy) is 1. The van der Waals surface area contributed by atoms with E-state index >= 15 is 0 Å². The molecule has 0 aliphatic carbocycles. The maximum atomic E-state index is 9.61. The maximum absolute atomic E-state index is 9.61. The molecule has 8 heteroatoms. The second kappa shape index (κ2) is 6.60. The number of hydrogen-bond donors (Lipinski definition) is 3. The molecule has 0 unspecified atom stereocenters. The van der Waals surface area contributed by atoms with Gasteiger partial charge in [-0.2, -0.15) is 5.10 Å². The summed E-state index contributed by atoms with van der Waals surface area (Å²) in [6.45, 7) is 4.26. The minimum atomic E-state index is 0.0937. The number of hydrogen-bond acceptors (Lipinski definition) is 7. The Hall–Kier alpha value is -2.77. The number of phenols is 1. The van der Waals surface area contributed by atoms with Crippen LogP contribution >= 0.6 is 0 Å². The molecule has 0 atom stereocenters. The Kier molecular flexibility index (Phi) is 4.60. The predicted octanol–water partition coefficient (Wildman–Crippen LogP) is 1.10. The third-order valence-corrected chi connectivity index (χ3v) is 2.74. The molecule has 8 nitrogen and oxygen atoms in total. The van der Waals surface area contributed by atoms with Gasteiger partial charge in [0, 0.05) is 6.42 Å². The minimum absolute atomic E-state index is 0.0937. The second-order valence-corrected chi connectivity index (χ2v) is 4.19. The monoisotopic (exact) mass is 290 g/mol. The molecular formula is C13H18N6O2. The molecule has 1 aromatic carbocycles. The van der Waals surface area contributed by atoms with Crippen molar-refractivity contribution in [3.8, 4) is 11.5 Å². The number of hydrazone groups is 1. The lowest BCUT2D eigenvalue weighted by atomic mass is 10.2. The largest absolute Gasteiger partial charge is 0.504 e. The highest BCUT2D eigenvalue weighted by molar-refractivity contribution is 5.81. The number of nitrogens with two attached hydrogens (primary N) is 1. The van der Waals surface area contributed by atoms with Crippen LogP contribution in [0.5, 0.6) is 11.5 Å². The Morgan fingerprint density at radius 1 is 1.43 bits per heavy atom. The molecule has 0 fully saturated rings. The molecule has 0 saturated carbocycles. The Morgan fingerprint density at radius 2 is 2.24 bits per heavy atom. The number of aromatic hydroxyl groups is 1. The van der Waals surface area contributed by atoms with Crippen LogP contribution in [0.25, 0.3) is 0 Å². The number of nitrogens with one attached hydrogen (secondary N) is 1. The highest BCUT2D eigenvalue weighted by Gasteiger charge is 2.06. The van der Waals surface area contributed by atoms with Crippen LogP contribution in [-0.4, -0.2) is 32.8 Å². The third kappa shape index (κ3) is 3.41. The van der Waals surface area contributed by atoms with E-state index in [0.717, 1.165) is 5.56 Å². The molecule has 1 heterocycles. The first-order valence-electron chi connectivity index (χ1n) is 6.60. The van der Waals surface area contributed by atoms with E-state index < -0.39 is 0 Å². The zero-order valence-corrected chi connectivity index (χ0v) is 11.9. The summed E-state index contributed by atoms with van der Waals surface area (Å²) in [5.41, 5.74) is 3.48. The molecule has 1 aromatic heterocycles. The number of anilines is 1. The fourth-order valence-electron chi connectivity index (χ4n) is 1.69. The van der Waals surface area contributed by atoms with Gasteiger partial charge >= 0.3 is 0 Å². The molecule has 112 valence electrons. The van der Waals surface area contributed by atoms with E-state index in [2.05, 4.69) is 20.7 Å². The van der Waals surface area contributed by atoms with Crippen LogP contribution in [0.3, 0.4) is 0 Å². The molecule has 0 radical (unpaired) electrons. The zero-order valence-electron chi connectivity index (χ0n) is 11.9. The Bertz CT molecular complexity index is 638. The van der Waals surface area contributed by atoms with E-state index in [1.807, 2.05) is 13.8 Å². The van der Waals surface area contributed by atoms with E-state index in [1.165, 1.54) is 4.68 Å². The van der Waals surface area contributed by atoms with Crippen LogP contribution < -0.4 is 16.0 Å². The van der Waals surface area contributed by atoms with Crippen molar-refractivity contribution in [1.82, 2.24) is 14.9 Å². The van der Waals surface area contributed by atoms with Crippen LogP contribution in [0.1, 0.15) is 25.2 Å². The van der Waals surface area contributed by atoms with E-state index in [1.54, 1.807) is 24.4 Å². The molecule has 4 N–H and O–H groups in total. The molecule has 0 spiro atoms. The quantitative estimate of drug-likeness (QED) is 0.417. The van der Waals surface area contributed by atoms with Crippen molar-refractivity contribution >= 4 is 12.2 Å². The number of rotatable bonds is 6. The number of nitrogen functional groups attached to an aromatic ring is 1. The maximum Gasteiger partial charge on any atom is 0.263 e. The molecule has 0 aliphatic heterocycles. The van der Waals surface area contributed by atoms with E-state index in [4.69, 9.17) is 10.6 Å².